The molecule has 0 saturated carbocycles. The molecule has 0 aliphatic carbocycles. The third-order valence-corrected chi connectivity index (χ3v) is 8.49. The molecule has 3 unspecified atom stereocenters. The lowest BCUT2D eigenvalue weighted by Gasteiger charge is -2.34. The molecular formula is C22H31N3O6S2. The van der Waals surface area contributed by atoms with E-state index in [1.165, 1.54) is 25.1 Å². The number of carbonyl (C=O) groups is 2. The van der Waals surface area contributed by atoms with E-state index in [-0.39, 0.29) is 33.7 Å². The van der Waals surface area contributed by atoms with Crippen molar-refractivity contribution in [1.82, 2.24) is 4.90 Å². The SMILES string of the molecule is CC(C)CN1C(=O)C(C2=Nc3ccc(NS(C)(=O)=O)cc3S(=O)(=O)C2C)C(=O)C1C(C)(C)C. The normalized spacial score (nSPS) is 25.3. The summed E-state index contributed by atoms with van der Waals surface area (Å²) in [5, 5.41) is -1.21. The van der Waals surface area contributed by atoms with Crippen LogP contribution in [0.15, 0.2) is 28.1 Å². The number of nitrogens with one attached hydrogen (secondary N) is 1. The number of anilines is 1. The average Bonchev–Trinajstić information content (AvgIpc) is 2.87. The summed E-state index contributed by atoms with van der Waals surface area (Å²) < 4.78 is 52.0. The lowest BCUT2D eigenvalue weighted by atomic mass is 9.81. The number of benzene rings is 1. The predicted molar refractivity (Wildman–Crippen MR) is 127 cm³/mol. The maximum absolute atomic E-state index is 13.5. The van der Waals surface area contributed by atoms with Crippen LogP contribution in [-0.2, 0) is 29.4 Å². The van der Waals surface area contributed by atoms with Crippen molar-refractivity contribution in [2.75, 3.05) is 17.5 Å². The molecule has 33 heavy (non-hydrogen) atoms. The molecule has 0 bridgehead atoms. The zero-order chi connectivity index (χ0) is 25.1. The minimum Gasteiger partial charge on any atom is -0.331 e. The second-order valence-electron chi connectivity index (χ2n) is 10.3. The third-order valence-electron chi connectivity index (χ3n) is 5.77. The monoisotopic (exact) mass is 497 g/mol. The number of carbonyl (C=O) groups excluding carboxylic acids is 2. The van der Waals surface area contributed by atoms with Gasteiger partial charge in [-0.2, -0.15) is 0 Å². The summed E-state index contributed by atoms with van der Waals surface area (Å²) in [5.74, 6) is -1.90. The van der Waals surface area contributed by atoms with Gasteiger partial charge in [-0.15, -0.1) is 0 Å². The summed E-state index contributed by atoms with van der Waals surface area (Å²) in [6.07, 6.45) is 0.964. The summed E-state index contributed by atoms with van der Waals surface area (Å²) >= 11 is 0. The minimum absolute atomic E-state index is 0.0156. The number of fused-ring (bicyclic) bond motifs is 1. The molecule has 1 N–H and O–H groups in total. The van der Waals surface area contributed by atoms with E-state index >= 15 is 0 Å². The number of ketones is 1. The van der Waals surface area contributed by atoms with Crippen molar-refractivity contribution < 1.29 is 26.4 Å². The molecule has 2 aliphatic heterocycles. The number of nitrogens with zero attached hydrogens (tertiary/aromatic N) is 2. The second-order valence-corrected chi connectivity index (χ2v) is 14.3. The van der Waals surface area contributed by atoms with Gasteiger partial charge in [0.1, 0.15) is 11.2 Å². The number of hydrogen-bond donors (Lipinski definition) is 1. The fourth-order valence-corrected chi connectivity index (χ4v) is 6.61. The van der Waals surface area contributed by atoms with Gasteiger partial charge >= 0.3 is 0 Å². The number of likely N-dealkylation sites (tertiary alicyclic amines) is 1. The van der Waals surface area contributed by atoms with Gasteiger partial charge in [0.25, 0.3) is 0 Å². The molecule has 182 valence electrons. The van der Waals surface area contributed by atoms with Gasteiger partial charge in [-0.3, -0.25) is 19.3 Å². The summed E-state index contributed by atoms with van der Waals surface area (Å²) in [5.41, 5.74) is -0.341. The zero-order valence-corrected chi connectivity index (χ0v) is 21.5. The Morgan fingerprint density at radius 3 is 2.30 bits per heavy atom. The van der Waals surface area contributed by atoms with Crippen LogP contribution in [0.3, 0.4) is 0 Å². The molecule has 2 aliphatic rings. The molecule has 11 heteroatoms. The van der Waals surface area contributed by atoms with Gasteiger partial charge in [-0.05, 0) is 36.5 Å². The number of amides is 1. The van der Waals surface area contributed by atoms with Crippen molar-refractivity contribution >= 4 is 48.6 Å². The first-order valence-electron chi connectivity index (χ1n) is 10.7. The van der Waals surface area contributed by atoms with Crippen molar-refractivity contribution in [3.05, 3.63) is 18.2 Å². The summed E-state index contributed by atoms with van der Waals surface area (Å²) in [6.45, 7) is 11.3. The Balaban J connectivity index is 2.13. The van der Waals surface area contributed by atoms with E-state index in [1.807, 2.05) is 34.6 Å². The summed E-state index contributed by atoms with van der Waals surface area (Å²) in [4.78, 5) is 32.8. The fourth-order valence-electron chi connectivity index (χ4n) is 4.47. The van der Waals surface area contributed by atoms with E-state index in [2.05, 4.69) is 9.71 Å². The fraction of sp³-hybridized carbons (Fsp3) is 0.591. The van der Waals surface area contributed by atoms with E-state index in [1.54, 1.807) is 4.90 Å². The highest BCUT2D eigenvalue weighted by molar-refractivity contribution is 7.93. The van der Waals surface area contributed by atoms with Crippen LogP contribution in [0.2, 0.25) is 0 Å². The quantitative estimate of drug-likeness (QED) is 0.622. The van der Waals surface area contributed by atoms with Crippen LogP contribution in [-0.4, -0.2) is 63.2 Å². The number of sulfonamides is 1. The van der Waals surface area contributed by atoms with Gasteiger partial charge < -0.3 is 4.90 Å². The maximum Gasteiger partial charge on any atom is 0.239 e. The Kier molecular flexibility index (Phi) is 6.29. The van der Waals surface area contributed by atoms with E-state index in [0.717, 1.165) is 6.26 Å². The molecule has 9 nitrogen and oxygen atoms in total. The Morgan fingerprint density at radius 2 is 1.79 bits per heavy atom. The summed E-state index contributed by atoms with van der Waals surface area (Å²) in [6, 6.07) is 3.30. The molecule has 1 saturated heterocycles. The number of hydrogen-bond acceptors (Lipinski definition) is 7. The van der Waals surface area contributed by atoms with E-state index in [0.29, 0.717) is 6.54 Å². The van der Waals surface area contributed by atoms with E-state index < -0.39 is 48.4 Å². The first-order valence-corrected chi connectivity index (χ1v) is 14.2. The first-order chi connectivity index (χ1) is 14.9. The Bertz CT molecular complexity index is 1240. The Hall–Kier alpha value is -2.27. The molecular weight excluding hydrogens is 466 g/mol. The van der Waals surface area contributed by atoms with Crippen molar-refractivity contribution in [2.24, 2.45) is 22.2 Å². The van der Waals surface area contributed by atoms with Crippen LogP contribution in [0.25, 0.3) is 0 Å². The van der Waals surface area contributed by atoms with Crippen LogP contribution in [0.4, 0.5) is 11.4 Å². The third kappa shape index (κ3) is 4.70. The smallest absolute Gasteiger partial charge is 0.239 e. The van der Waals surface area contributed by atoms with Crippen molar-refractivity contribution in [3.63, 3.8) is 0 Å². The van der Waals surface area contributed by atoms with E-state index in [9.17, 15) is 26.4 Å². The lowest BCUT2D eigenvalue weighted by molar-refractivity contribution is -0.132. The van der Waals surface area contributed by atoms with Crippen molar-refractivity contribution in [1.29, 1.82) is 0 Å². The first kappa shape index (κ1) is 25.4. The molecule has 0 radical (unpaired) electrons. The number of rotatable bonds is 5. The Labute approximate surface area is 195 Å². The van der Waals surface area contributed by atoms with Crippen LogP contribution in [0.1, 0.15) is 41.5 Å². The highest BCUT2D eigenvalue weighted by atomic mass is 32.2. The maximum atomic E-state index is 13.5. The molecule has 0 aromatic heterocycles. The van der Waals surface area contributed by atoms with Gasteiger partial charge in [0.15, 0.2) is 15.6 Å². The van der Waals surface area contributed by atoms with Crippen LogP contribution in [0.5, 0.6) is 0 Å². The molecule has 2 heterocycles. The van der Waals surface area contributed by atoms with Gasteiger partial charge in [0.05, 0.1) is 28.6 Å². The van der Waals surface area contributed by atoms with Gasteiger partial charge in [0.2, 0.25) is 15.9 Å². The highest BCUT2D eigenvalue weighted by Gasteiger charge is 2.56. The lowest BCUT2D eigenvalue weighted by Crippen LogP contribution is -2.46. The second kappa shape index (κ2) is 8.19. The molecule has 0 spiro atoms. The van der Waals surface area contributed by atoms with Crippen molar-refractivity contribution in [2.45, 2.75) is 57.7 Å². The van der Waals surface area contributed by atoms with Crippen molar-refractivity contribution in [3.8, 4) is 0 Å². The van der Waals surface area contributed by atoms with Crippen LogP contribution >= 0.6 is 0 Å². The van der Waals surface area contributed by atoms with Crippen LogP contribution in [0, 0.1) is 17.3 Å². The molecule has 1 aromatic carbocycles. The van der Waals surface area contributed by atoms with Gasteiger partial charge in [-0.25, -0.2) is 16.8 Å². The number of Topliss-reactive ketones (excluding diaryl/α,β-unsaturated/α-hetero) is 1. The summed E-state index contributed by atoms with van der Waals surface area (Å²) in [7, 11) is -7.62. The average molecular weight is 498 g/mol. The number of sulfone groups is 1. The van der Waals surface area contributed by atoms with Gasteiger partial charge in [0, 0.05) is 12.2 Å². The van der Waals surface area contributed by atoms with Crippen LogP contribution < -0.4 is 4.72 Å². The molecule has 1 amide bonds. The highest BCUT2D eigenvalue weighted by Crippen LogP contribution is 2.41. The molecule has 1 aromatic rings. The number of aliphatic imine (C=N–C) groups is 1. The zero-order valence-electron chi connectivity index (χ0n) is 19.9. The molecule has 3 atom stereocenters. The standard InChI is InChI=1S/C22H31N3O6S2/c1-12(2)11-25-20(22(4,5)6)19(26)17(21(25)27)18-13(3)33(30,31)16-10-14(24-32(7,28)29)8-9-15(16)23-18/h8-10,12-13,17,20,24H,11H2,1-7H3. The molecule has 3 rings (SSSR count). The minimum atomic E-state index is -4.01. The van der Waals surface area contributed by atoms with E-state index in [4.69, 9.17) is 0 Å². The predicted octanol–water partition coefficient (Wildman–Crippen LogP) is 2.40. The topological polar surface area (TPSA) is 130 Å². The van der Waals surface area contributed by atoms with Gasteiger partial charge in [-0.1, -0.05) is 34.6 Å². The molecule has 1 fully saturated rings. The Morgan fingerprint density at radius 1 is 1.18 bits per heavy atom. The largest absolute Gasteiger partial charge is 0.331 e.